The summed E-state index contributed by atoms with van der Waals surface area (Å²) in [5.41, 5.74) is 2.16. The fourth-order valence-electron chi connectivity index (χ4n) is 3.90. The highest BCUT2D eigenvalue weighted by atomic mass is 79.9. The van der Waals surface area contributed by atoms with E-state index in [-0.39, 0.29) is 42.7 Å². The van der Waals surface area contributed by atoms with Crippen LogP contribution in [0.15, 0.2) is 70.0 Å². The summed E-state index contributed by atoms with van der Waals surface area (Å²) in [5.74, 6) is -1.01. The molecule has 8 nitrogen and oxygen atoms in total. The summed E-state index contributed by atoms with van der Waals surface area (Å²) in [4.78, 5) is 26.8. The lowest BCUT2D eigenvalue weighted by atomic mass is 10.2. The lowest BCUT2D eigenvalue weighted by Crippen LogP contribution is -2.52. The highest BCUT2D eigenvalue weighted by molar-refractivity contribution is 9.10. The van der Waals surface area contributed by atoms with E-state index in [1.807, 2.05) is 19.1 Å². The predicted molar refractivity (Wildman–Crippen MR) is 150 cm³/mol. The van der Waals surface area contributed by atoms with Gasteiger partial charge in [0.05, 0.1) is 5.02 Å². The summed E-state index contributed by atoms with van der Waals surface area (Å²) in [6, 6.07) is 17.0. The van der Waals surface area contributed by atoms with Gasteiger partial charge in [-0.05, 0) is 54.4 Å². The molecule has 0 unspecified atom stereocenters. The molecule has 200 valence electrons. The van der Waals surface area contributed by atoms with Crippen LogP contribution in [0.25, 0.3) is 0 Å². The number of anilines is 1. The number of benzene rings is 3. The number of aryl methyl sites for hydroxylation is 1. The quantitative estimate of drug-likeness (QED) is 0.378. The molecule has 0 radical (unpaired) electrons. The molecule has 1 saturated heterocycles. The normalized spacial score (nSPS) is 14.3. The molecule has 4 rings (SSSR count). The van der Waals surface area contributed by atoms with Gasteiger partial charge in [0.1, 0.15) is 17.3 Å². The summed E-state index contributed by atoms with van der Waals surface area (Å²) in [7, 11) is -3.84. The fraction of sp³-hybridized carbons (Fsp3) is 0.231. The number of nitrogens with one attached hydrogen (secondary N) is 1. The first kappa shape index (κ1) is 28.4. The van der Waals surface area contributed by atoms with Crippen molar-refractivity contribution in [2.24, 2.45) is 0 Å². The van der Waals surface area contributed by atoms with Crippen molar-refractivity contribution in [2.75, 3.05) is 31.5 Å². The zero-order valence-corrected chi connectivity index (χ0v) is 24.2. The van der Waals surface area contributed by atoms with E-state index in [4.69, 9.17) is 27.9 Å². The highest BCUT2D eigenvalue weighted by Gasteiger charge is 2.33. The Kier molecular flexibility index (Phi) is 9.00. The van der Waals surface area contributed by atoms with E-state index in [2.05, 4.69) is 21.2 Å². The molecule has 0 atom stereocenters. The van der Waals surface area contributed by atoms with Gasteiger partial charge in [0, 0.05) is 47.4 Å². The average molecular weight is 641 g/mol. The summed E-state index contributed by atoms with van der Waals surface area (Å²) in [5, 5.41) is 3.32. The first-order valence-electron chi connectivity index (χ1n) is 11.6. The summed E-state index contributed by atoms with van der Waals surface area (Å²) in [6.07, 6.45) is 0. The molecule has 0 aromatic heterocycles. The molecule has 0 aliphatic carbocycles. The van der Waals surface area contributed by atoms with Gasteiger partial charge >= 0.3 is 11.8 Å². The van der Waals surface area contributed by atoms with Crippen molar-refractivity contribution >= 4 is 66.7 Å². The van der Waals surface area contributed by atoms with Gasteiger partial charge in [-0.3, -0.25) is 9.59 Å². The largest absolute Gasteiger partial charge is 0.489 e. The first-order chi connectivity index (χ1) is 18.0. The van der Waals surface area contributed by atoms with Gasteiger partial charge in [0.15, 0.2) is 0 Å². The van der Waals surface area contributed by atoms with Crippen LogP contribution in [0.2, 0.25) is 10.0 Å². The molecular formula is C26H24BrCl2N3O5S. The smallest absolute Gasteiger partial charge is 0.313 e. The number of halogens is 3. The number of amides is 2. The standard InChI is InChI=1S/C26H24BrCl2N3O5S/c1-17-5-7-21(15-23(17)37-16-18-3-2-4-20(28)13-18)30-25(33)26(34)31-9-11-32(12-10-31)38(35,36)24-8-6-19(27)14-22(24)29/h2-8,13-15H,9-12,16H2,1H3,(H,30,33). The molecule has 1 heterocycles. The Bertz CT molecular complexity index is 1480. The van der Waals surface area contributed by atoms with Crippen LogP contribution in [0.3, 0.4) is 0 Å². The molecule has 2 amide bonds. The van der Waals surface area contributed by atoms with Gasteiger partial charge in [-0.15, -0.1) is 0 Å². The van der Waals surface area contributed by atoms with E-state index in [1.165, 1.54) is 21.3 Å². The third-order valence-corrected chi connectivity index (χ3v) is 9.07. The minimum atomic E-state index is -3.84. The van der Waals surface area contributed by atoms with Crippen molar-refractivity contribution in [3.63, 3.8) is 0 Å². The molecule has 0 bridgehead atoms. The number of piperazine rings is 1. The maximum absolute atomic E-state index is 13.0. The molecule has 3 aromatic rings. The zero-order chi connectivity index (χ0) is 27.4. The van der Waals surface area contributed by atoms with Crippen LogP contribution in [0, 0.1) is 6.92 Å². The number of nitrogens with zero attached hydrogens (tertiary/aromatic N) is 2. The second kappa shape index (κ2) is 12.0. The minimum absolute atomic E-state index is 0.00681. The Hall–Kier alpha value is -2.63. The van der Waals surface area contributed by atoms with Crippen molar-refractivity contribution in [3.8, 4) is 5.75 Å². The van der Waals surface area contributed by atoms with Crippen LogP contribution >= 0.6 is 39.1 Å². The maximum atomic E-state index is 13.0. The topological polar surface area (TPSA) is 96.0 Å². The molecule has 12 heteroatoms. The molecule has 3 aromatic carbocycles. The Balaban J connectivity index is 1.35. The Labute approximate surface area is 239 Å². The van der Waals surface area contributed by atoms with E-state index in [9.17, 15) is 18.0 Å². The number of sulfonamides is 1. The van der Waals surface area contributed by atoms with Crippen molar-refractivity contribution in [1.82, 2.24) is 9.21 Å². The van der Waals surface area contributed by atoms with Gasteiger partial charge in [-0.1, -0.05) is 57.3 Å². The van der Waals surface area contributed by atoms with Crippen LogP contribution in [0.1, 0.15) is 11.1 Å². The SMILES string of the molecule is Cc1ccc(NC(=O)C(=O)N2CCN(S(=O)(=O)c3ccc(Br)cc3Cl)CC2)cc1OCc1cccc(Cl)c1. The first-order valence-corrected chi connectivity index (χ1v) is 14.6. The maximum Gasteiger partial charge on any atom is 0.313 e. The van der Waals surface area contributed by atoms with Crippen LogP contribution in [-0.4, -0.2) is 55.6 Å². The second-order valence-electron chi connectivity index (χ2n) is 8.62. The summed E-state index contributed by atoms with van der Waals surface area (Å²) >= 11 is 15.4. The third-order valence-electron chi connectivity index (χ3n) is 5.96. The van der Waals surface area contributed by atoms with Crippen molar-refractivity contribution in [2.45, 2.75) is 18.4 Å². The van der Waals surface area contributed by atoms with Crippen molar-refractivity contribution in [1.29, 1.82) is 0 Å². The number of hydrogen-bond donors (Lipinski definition) is 1. The summed E-state index contributed by atoms with van der Waals surface area (Å²) < 4.78 is 33.8. The number of carbonyl (C=O) groups excluding carboxylic acids is 2. The van der Waals surface area contributed by atoms with Crippen LogP contribution in [-0.2, 0) is 26.2 Å². The van der Waals surface area contributed by atoms with E-state index in [0.717, 1.165) is 11.1 Å². The average Bonchev–Trinajstić information content (AvgIpc) is 2.88. The monoisotopic (exact) mass is 639 g/mol. The number of carbonyl (C=O) groups is 2. The Morgan fingerprint density at radius 3 is 2.42 bits per heavy atom. The van der Waals surface area contributed by atoms with Gasteiger partial charge in [0.25, 0.3) is 0 Å². The predicted octanol–water partition coefficient (Wildman–Crippen LogP) is 5.11. The highest BCUT2D eigenvalue weighted by Crippen LogP contribution is 2.28. The van der Waals surface area contributed by atoms with Crippen molar-refractivity contribution in [3.05, 3.63) is 86.3 Å². The number of hydrogen-bond acceptors (Lipinski definition) is 5. The molecule has 1 aliphatic rings. The molecule has 1 fully saturated rings. The molecule has 1 aliphatic heterocycles. The van der Waals surface area contributed by atoms with Crippen LogP contribution < -0.4 is 10.1 Å². The van der Waals surface area contributed by atoms with Gasteiger partial charge in [-0.2, -0.15) is 4.31 Å². The lowest BCUT2D eigenvalue weighted by Gasteiger charge is -2.33. The Morgan fingerprint density at radius 1 is 1.00 bits per heavy atom. The number of ether oxygens (including phenoxy) is 1. The number of rotatable bonds is 6. The fourth-order valence-corrected chi connectivity index (χ4v) is 6.55. The van der Waals surface area contributed by atoms with Gasteiger partial charge < -0.3 is 15.0 Å². The lowest BCUT2D eigenvalue weighted by molar-refractivity contribution is -0.143. The van der Waals surface area contributed by atoms with Gasteiger partial charge in [-0.25, -0.2) is 8.42 Å². The molecular weight excluding hydrogens is 617 g/mol. The molecule has 1 N–H and O–H groups in total. The molecule has 0 spiro atoms. The summed E-state index contributed by atoms with van der Waals surface area (Å²) in [6.45, 7) is 2.39. The molecule has 0 saturated carbocycles. The third kappa shape index (κ3) is 6.68. The van der Waals surface area contributed by atoms with E-state index < -0.39 is 21.8 Å². The van der Waals surface area contributed by atoms with Crippen LogP contribution in [0.5, 0.6) is 5.75 Å². The zero-order valence-electron chi connectivity index (χ0n) is 20.3. The van der Waals surface area contributed by atoms with E-state index >= 15 is 0 Å². The second-order valence-corrected chi connectivity index (χ2v) is 12.3. The molecule has 38 heavy (non-hydrogen) atoms. The Morgan fingerprint density at radius 2 is 1.74 bits per heavy atom. The van der Waals surface area contributed by atoms with Crippen molar-refractivity contribution < 1.29 is 22.7 Å². The van der Waals surface area contributed by atoms with Gasteiger partial charge in [0.2, 0.25) is 10.0 Å². The van der Waals surface area contributed by atoms with Crippen LogP contribution in [0.4, 0.5) is 5.69 Å². The minimum Gasteiger partial charge on any atom is -0.489 e. The van der Waals surface area contributed by atoms with E-state index in [1.54, 1.807) is 36.4 Å². The van der Waals surface area contributed by atoms with E-state index in [0.29, 0.717) is 20.9 Å².